The van der Waals surface area contributed by atoms with E-state index < -0.39 is 0 Å². The van der Waals surface area contributed by atoms with E-state index in [0.717, 1.165) is 22.2 Å². The Kier molecular flexibility index (Phi) is 4.61. The first kappa shape index (κ1) is 15.9. The second kappa shape index (κ2) is 6.66. The molecule has 1 fully saturated rings. The van der Waals surface area contributed by atoms with E-state index in [2.05, 4.69) is 26.2 Å². The molecule has 1 N–H and O–H groups in total. The van der Waals surface area contributed by atoms with Gasteiger partial charge in [-0.15, -0.1) is 0 Å². The Morgan fingerprint density at radius 1 is 1.30 bits per heavy atom. The molecule has 0 saturated carbocycles. The van der Waals surface area contributed by atoms with Gasteiger partial charge >= 0.3 is 0 Å². The van der Waals surface area contributed by atoms with Gasteiger partial charge in [0.1, 0.15) is 17.7 Å². The standard InChI is InChI=1S/C17H17BrFN3O/c1-11-14(18)6-7-16(20-11)21-15-8-9-22(17(15)23)10-12-2-4-13(19)5-3-12/h2-7,15H,8-10H2,1H3,(H,20,21). The van der Waals surface area contributed by atoms with Crippen LogP contribution in [0, 0.1) is 12.7 Å². The van der Waals surface area contributed by atoms with Crippen molar-refractivity contribution in [2.24, 2.45) is 0 Å². The number of aromatic nitrogens is 1. The topological polar surface area (TPSA) is 45.2 Å². The third-order valence-corrected chi connectivity index (χ3v) is 4.77. The van der Waals surface area contributed by atoms with Gasteiger partial charge in [-0.1, -0.05) is 12.1 Å². The second-order valence-electron chi connectivity index (χ2n) is 5.64. The van der Waals surface area contributed by atoms with Gasteiger partial charge in [-0.25, -0.2) is 9.37 Å². The zero-order valence-corrected chi connectivity index (χ0v) is 14.3. The smallest absolute Gasteiger partial charge is 0.245 e. The molecule has 120 valence electrons. The van der Waals surface area contributed by atoms with Crippen LogP contribution >= 0.6 is 15.9 Å². The van der Waals surface area contributed by atoms with Crippen LogP contribution in [0.1, 0.15) is 17.7 Å². The number of amides is 1. The maximum Gasteiger partial charge on any atom is 0.245 e. The molecule has 4 nitrogen and oxygen atoms in total. The monoisotopic (exact) mass is 377 g/mol. The lowest BCUT2D eigenvalue weighted by molar-refractivity contribution is -0.128. The number of likely N-dealkylation sites (tertiary alicyclic amines) is 1. The molecule has 1 aromatic heterocycles. The molecule has 0 radical (unpaired) electrons. The quantitative estimate of drug-likeness (QED) is 0.886. The number of nitrogens with zero attached hydrogens (tertiary/aromatic N) is 2. The third-order valence-electron chi connectivity index (χ3n) is 3.93. The van der Waals surface area contributed by atoms with E-state index in [4.69, 9.17) is 0 Å². The van der Waals surface area contributed by atoms with Gasteiger partial charge in [0.25, 0.3) is 0 Å². The fourth-order valence-electron chi connectivity index (χ4n) is 2.64. The zero-order chi connectivity index (χ0) is 16.4. The molecule has 1 aliphatic rings. The summed E-state index contributed by atoms with van der Waals surface area (Å²) in [7, 11) is 0. The molecule has 23 heavy (non-hydrogen) atoms. The highest BCUT2D eigenvalue weighted by Crippen LogP contribution is 2.21. The van der Waals surface area contributed by atoms with Crippen LogP contribution in [-0.4, -0.2) is 28.4 Å². The number of pyridine rings is 1. The van der Waals surface area contributed by atoms with E-state index in [9.17, 15) is 9.18 Å². The molecule has 3 rings (SSSR count). The number of anilines is 1. The predicted octanol–water partition coefficient (Wildman–Crippen LogP) is 3.50. The molecule has 0 spiro atoms. The first-order valence-corrected chi connectivity index (χ1v) is 8.25. The summed E-state index contributed by atoms with van der Waals surface area (Å²) in [6.07, 6.45) is 0.733. The number of benzene rings is 1. The lowest BCUT2D eigenvalue weighted by atomic mass is 10.2. The van der Waals surface area contributed by atoms with Crippen LogP contribution in [0.2, 0.25) is 0 Å². The van der Waals surface area contributed by atoms with Crippen LogP contribution in [-0.2, 0) is 11.3 Å². The second-order valence-corrected chi connectivity index (χ2v) is 6.49. The molecule has 1 atom stereocenters. The number of hydrogen-bond donors (Lipinski definition) is 1. The van der Waals surface area contributed by atoms with Crippen molar-refractivity contribution in [3.05, 3.63) is 57.9 Å². The van der Waals surface area contributed by atoms with Crippen LogP contribution in [0.3, 0.4) is 0 Å². The number of aryl methyl sites for hydroxylation is 1. The highest BCUT2D eigenvalue weighted by atomic mass is 79.9. The Morgan fingerprint density at radius 3 is 2.74 bits per heavy atom. The third kappa shape index (κ3) is 3.69. The van der Waals surface area contributed by atoms with Crippen molar-refractivity contribution < 1.29 is 9.18 Å². The summed E-state index contributed by atoms with van der Waals surface area (Å²) >= 11 is 3.41. The Labute approximate surface area is 142 Å². The number of nitrogens with one attached hydrogen (secondary N) is 1. The maximum absolute atomic E-state index is 12.9. The van der Waals surface area contributed by atoms with Crippen LogP contribution in [0.5, 0.6) is 0 Å². The molecular formula is C17H17BrFN3O. The summed E-state index contributed by atoms with van der Waals surface area (Å²) in [6, 6.07) is 9.77. The van der Waals surface area contributed by atoms with Crippen LogP contribution in [0.15, 0.2) is 40.9 Å². The minimum absolute atomic E-state index is 0.0525. The van der Waals surface area contributed by atoms with Gasteiger partial charge in [0.15, 0.2) is 0 Å². The van der Waals surface area contributed by atoms with Gasteiger partial charge in [-0.3, -0.25) is 4.79 Å². The van der Waals surface area contributed by atoms with Gasteiger partial charge < -0.3 is 10.2 Å². The van der Waals surface area contributed by atoms with Crippen molar-refractivity contribution in [2.75, 3.05) is 11.9 Å². The van der Waals surface area contributed by atoms with Crippen LogP contribution in [0.4, 0.5) is 10.2 Å². The molecule has 0 bridgehead atoms. The van der Waals surface area contributed by atoms with Crippen molar-refractivity contribution in [1.29, 1.82) is 0 Å². The van der Waals surface area contributed by atoms with E-state index in [1.165, 1.54) is 12.1 Å². The molecule has 1 aliphatic heterocycles. The number of hydrogen-bond acceptors (Lipinski definition) is 3. The summed E-state index contributed by atoms with van der Waals surface area (Å²) in [5.74, 6) is 0.488. The van der Waals surface area contributed by atoms with Gasteiger partial charge in [-0.2, -0.15) is 0 Å². The molecule has 1 amide bonds. The zero-order valence-electron chi connectivity index (χ0n) is 12.7. The Hall–Kier alpha value is -1.95. The van der Waals surface area contributed by atoms with Crippen LogP contribution in [0.25, 0.3) is 0 Å². The number of carbonyl (C=O) groups is 1. The van der Waals surface area contributed by atoms with Gasteiger partial charge in [-0.05, 0) is 59.1 Å². The lowest BCUT2D eigenvalue weighted by Gasteiger charge is -2.17. The number of rotatable bonds is 4. The lowest BCUT2D eigenvalue weighted by Crippen LogP contribution is -2.33. The summed E-state index contributed by atoms with van der Waals surface area (Å²) in [5.41, 5.74) is 1.81. The predicted molar refractivity (Wildman–Crippen MR) is 90.5 cm³/mol. The fourth-order valence-corrected chi connectivity index (χ4v) is 2.86. The summed E-state index contributed by atoms with van der Waals surface area (Å²) in [6.45, 7) is 3.10. The van der Waals surface area contributed by atoms with Gasteiger partial charge in [0, 0.05) is 17.6 Å². The van der Waals surface area contributed by atoms with Crippen molar-refractivity contribution in [1.82, 2.24) is 9.88 Å². The Bertz CT molecular complexity index is 720. The fraction of sp³-hybridized carbons (Fsp3) is 0.294. The minimum atomic E-state index is -0.266. The van der Waals surface area contributed by atoms with E-state index in [1.807, 2.05) is 19.1 Å². The SMILES string of the molecule is Cc1nc(NC2CCN(Cc3ccc(F)cc3)C2=O)ccc1Br. The van der Waals surface area contributed by atoms with E-state index >= 15 is 0 Å². The largest absolute Gasteiger partial charge is 0.358 e. The number of halogens is 2. The highest BCUT2D eigenvalue weighted by molar-refractivity contribution is 9.10. The summed E-state index contributed by atoms with van der Waals surface area (Å²) in [5, 5.41) is 3.20. The molecule has 0 aliphatic carbocycles. The first-order chi connectivity index (χ1) is 11.0. The van der Waals surface area contributed by atoms with E-state index in [0.29, 0.717) is 18.9 Å². The normalized spacial score (nSPS) is 17.6. The Balaban J connectivity index is 1.64. The van der Waals surface area contributed by atoms with Crippen molar-refractivity contribution in [3.8, 4) is 0 Å². The molecule has 2 aromatic rings. The van der Waals surface area contributed by atoms with Crippen molar-refractivity contribution >= 4 is 27.7 Å². The average Bonchev–Trinajstić information content (AvgIpc) is 2.86. The molecule has 6 heteroatoms. The molecular weight excluding hydrogens is 361 g/mol. The Morgan fingerprint density at radius 2 is 2.04 bits per heavy atom. The maximum atomic E-state index is 12.9. The van der Waals surface area contributed by atoms with E-state index in [-0.39, 0.29) is 17.8 Å². The van der Waals surface area contributed by atoms with Crippen molar-refractivity contribution in [2.45, 2.75) is 25.9 Å². The minimum Gasteiger partial charge on any atom is -0.358 e. The first-order valence-electron chi connectivity index (χ1n) is 7.46. The highest BCUT2D eigenvalue weighted by Gasteiger charge is 2.31. The molecule has 1 saturated heterocycles. The molecule has 1 aromatic carbocycles. The summed E-state index contributed by atoms with van der Waals surface area (Å²) < 4.78 is 13.9. The molecule has 1 unspecified atom stereocenters. The van der Waals surface area contributed by atoms with E-state index in [1.54, 1.807) is 17.0 Å². The van der Waals surface area contributed by atoms with Gasteiger partial charge in [0.05, 0.1) is 5.69 Å². The average molecular weight is 378 g/mol. The molecule has 2 heterocycles. The van der Waals surface area contributed by atoms with Crippen molar-refractivity contribution in [3.63, 3.8) is 0 Å². The number of carbonyl (C=O) groups excluding carboxylic acids is 1. The van der Waals surface area contributed by atoms with Crippen LogP contribution < -0.4 is 5.32 Å². The summed E-state index contributed by atoms with van der Waals surface area (Å²) in [4.78, 5) is 18.7. The van der Waals surface area contributed by atoms with Gasteiger partial charge in [0.2, 0.25) is 5.91 Å².